The highest BCUT2D eigenvalue weighted by Gasteiger charge is 2.09. The van der Waals surface area contributed by atoms with Gasteiger partial charge in [0.05, 0.1) is 6.61 Å². The third-order valence-corrected chi connectivity index (χ3v) is 4.13. The second-order valence-corrected chi connectivity index (χ2v) is 5.99. The Morgan fingerprint density at radius 3 is 2.22 bits per heavy atom. The van der Waals surface area contributed by atoms with Crippen molar-refractivity contribution in [2.75, 3.05) is 24.6 Å². The first kappa shape index (κ1) is 20.3. The fraction of sp³-hybridized carbons (Fsp3) is 0.333. The van der Waals surface area contributed by atoms with Gasteiger partial charge >= 0.3 is 0 Å². The zero-order valence-corrected chi connectivity index (χ0v) is 15.9. The van der Waals surface area contributed by atoms with E-state index in [1.807, 2.05) is 42.5 Å². The molecule has 144 valence electrons. The Labute approximate surface area is 160 Å². The third-order valence-electron chi connectivity index (χ3n) is 4.13. The number of hydrogen-bond acceptors (Lipinski definition) is 4. The van der Waals surface area contributed by atoms with Crippen molar-refractivity contribution in [2.24, 2.45) is 0 Å². The molecule has 2 aromatic carbocycles. The van der Waals surface area contributed by atoms with Crippen molar-refractivity contribution in [3.63, 3.8) is 0 Å². The molecular weight excluding hydrogens is 342 g/mol. The normalized spacial score (nSPS) is 10.1. The molecule has 0 radical (unpaired) electrons. The number of para-hydroxylation sites is 1. The van der Waals surface area contributed by atoms with E-state index in [1.165, 1.54) is 0 Å². The molecule has 0 saturated heterocycles. The molecule has 2 aromatic rings. The van der Waals surface area contributed by atoms with Gasteiger partial charge in [-0.05, 0) is 56.7 Å². The SMILES string of the molecule is CCN(CC)c1ccc(C(=O)NNC(=O)CCCOc2ccccc2)cc1. The molecule has 0 fully saturated rings. The van der Waals surface area contributed by atoms with Crippen LogP contribution >= 0.6 is 0 Å². The summed E-state index contributed by atoms with van der Waals surface area (Å²) < 4.78 is 5.53. The number of nitrogens with zero attached hydrogens (tertiary/aromatic N) is 1. The lowest BCUT2D eigenvalue weighted by Gasteiger charge is -2.21. The molecule has 0 bridgehead atoms. The van der Waals surface area contributed by atoms with Gasteiger partial charge < -0.3 is 9.64 Å². The number of hydrogen-bond donors (Lipinski definition) is 2. The van der Waals surface area contributed by atoms with Gasteiger partial charge in [-0.25, -0.2) is 0 Å². The Kier molecular flexibility index (Phi) is 8.16. The lowest BCUT2D eigenvalue weighted by Crippen LogP contribution is -2.41. The molecule has 0 unspecified atom stereocenters. The second kappa shape index (κ2) is 10.9. The van der Waals surface area contributed by atoms with Crippen LogP contribution in [0.3, 0.4) is 0 Å². The summed E-state index contributed by atoms with van der Waals surface area (Å²) >= 11 is 0. The quantitative estimate of drug-likeness (QED) is 0.526. The summed E-state index contributed by atoms with van der Waals surface area (Å²) in [7, 11) is 0. The molecule has 2 N–H and O–H groups in total. The van der Waals surface area contributed by atoms with E-state index in [2.05, 4.69) is 29.6 Å². The van der Waals surface area contributed by atoms with Gasteiger partial charge in [0.25, 0.3) is 5.91 Å². The highest BCUT2D eigenvalue weighted by Crippen LogP contribution is 2.14. The number of carbonyl (C=O) groups excluding carboxylic acids is 2. The van der Waals surface area contributed by atoms with Crippen LogP contribution in [0, 0.1) is 0 Å². The van der Waals surface area contributed by atoms with Gasteiger partial charge in [-0.3, -0.25) is 20.4 Å². The Morgan fingerprint density at radius 1 is 0.926 bits per heavy atom. The molecule has 0 aliphatic heterocycles. The number of benzene rings is 2. The van der Waals surface area contributed by atoms with Crippen molar-refractivity contribution < 1.29 is 14.3 Å². The molecule has 0 saturated carbocycles. The van der Waals surface area contributed by atoms with E-state index in [0.717, 1.165) is 24.5 Å². The number of amides is 2. The first-order valence-electron chi connectivity index (χ1n) is 9.26. The standard InChI is InChI=1S/C21H27N3O3/c1-3-24(4-2)18-14-12-17(13-15-18)21(26)23-22-20(25)11-8-16-27-19-9-6-5-7-10-19/h5-7,9-10,12-15H,3-4,8,11,16H2,1-2H3,(H,22,25)(H,23,26). The minimum absolute atomic E-state index is 0.250. The molecule has 27 heavy (non-hydrogen) atoms. The minimum Gasteiger partial charge on any atom is -0.494 e. The summed E-state index contributed by atoms with van der Waals surface area (Å²) in [5, 5.41) is 0. The van der Waals surface area contributed by atoms with Gasteiger partial charge in [0, 0.05) is 30.8 Å². The lowest BCUT2D eigenvalue weighted by molar-refractivity contribution is -0.122. The molecule has 0 atom stereocenters. The van der Waals surface area contributed by atoms with E-state index in [4.69, 9.17) is 4.74 Å². The van der Waals surface area contributed by atoms with Crippen LogP contribution in [0.2, 0.25) is 0 Å². The highest BCUT2D eigenvalue weighted by molar-refractivity contribution is 5.95. The molecular formula is C21H27N3O3. The zero-order chi connectivity index (χ0) is 19.5. The number of rotatable bonds is 9. The van der Waals surface area contributed by atoms with Crippen molar-refractivity contribution in [3.8, 4) is 5.75 Å². The van der Waals surface area contributed by atoms with E-state index in [1.54, 1.807) is 12.1 Å². The first-order chi connectivity index (χ1) is 13.1. The summed E-state index contributed by atoms with van der Waals surface area (Å²) in [6.07, 6.45) is 0.836. The summed E-state index contributed by atoms with van der Waals surface area (Å²) in [6.45, 7) is 6.44. The van der Waals surface area contributed by atoms with Crippen molar-refractivity contribution >= 4 is 17.5 Å². The largest absolute Gasteiger partial charge is 0.494 e. The summed E-state index contributed by atoms with van der Waals surface area (Å²) in [6, 6.07) is 16.8. The third kappa shape index (κ3) is 6.66. The zero-order valence-electron chi connectivity index (χ0n) is 15.9. The molecule has 6 heteroatoms. The predicted molar refractivity (Wildman–Crippen MR) is 107 cm³/mol. The smallest absolute Gasteiger partial charge is 0.269 e. The Hall–Kier alpha value is -3.02. The van der Waals surface area contributed by atoms with Gasteiger partial charge in [0.2, 0.25) is 5.91 Å². The average molecular weight is 369 g/mol. The van der Waals surface area contributed by atoms with Crippen LogP contribution in [-0.4, -0.2) is 31.5 Å². The van der Waals surface area contributed by atoms with Crippen LogP contribution in [0.5, 0.6) is 5.75 Å². The van der Waals surface area contributed by atoms with Crippen LogP contribution < -0.4 is 20.5 Å². The van der Waals surface area contributed by atoms with Crippen LogP contribution in [0.15, 0.2) is 54.6 Å². The Balaban J connectivity index is 1.69. The number of anilines is 1. The van der Waals surface area contributed by atoms with Crippen molar-refractivity contribution in [3.05, 3.63) is 60.2 Å². The van der Waals surface area contributed by atoms with E-state index in [9.17, 15) is 9.59 Å². The number of carbonyl (C=O) groups is 2. The minimum atomic E-state index is -0.338. The fourth-order valence-electron chi connectivity index (χ4n) is 2.61. The summed E-state index contributed by atoms with van der Waals surface area (Å²) in [5.74, 6) is 0.189. The molecule has 0 aliphatic rings. The van der Waals surface area contributed by atoms with Gasteiger partial charge in [0.15, 0.2) is 0 Å². The second-order valence-electron chi connectivity index (χ2n) is 5.99. The van der Waals surface area contributed by atoms with Gasteiger partial charge in [-0.1, -0.05) is 18.2 Å². The monoisotopic (exact) mass is 369 g/mol. The van der Waals surface area contributed by atoms with Crippen molar-refractivity contribution in [2.45, 2.75) is 26.7 Å². The highest BCUT2D eigenvalue weighted by atomic mass is 16.5. The van der Waals surface area contributed by atoms with E-state index in [0.29, 0.717) is 18.6 Å². The van der Waals surface area contributed by atoms with Gasteiger partial charge in [0.1, 0.15) is 5.75 Å². The predicted octanol–water partition coefficient (Wildman–Crippen LogP) is 3.15. The van der Waals surface area contributed by atoms with E-state index >= 15 is 0 Å². The maximum Gasteiger partial charge on any atom is 0.269 e. The molecule has 2 rings (SSSR count). The molecule has 0 heterocycles. The van der Waals surface area contributed by atoms with Crippen molar-refractivity contribution in [1.29, 1.82) is 0 Å². The van der Waals surface area contributed by atoms with Gasteiger partial charge in [-0.15, -0.1) is 0 Å². The van der Waals surface area contributed by atoms with E-state index < -0.39 is 0 Å². The average Bonchev–Trinajstić information content (AvgIpc) is 2.71. The summed E-state index contributed by atoms with van der Waals surface area (Å²) in [4.78, 5) is 26.1. The van der Waals surface area contributed by atoms with Crippen LogP contribution in [0.4, 0.5) is 5.69 Å². The first-order valence-corrected chi connectivity index (χ1v) is 9.26. The Morgan fingerprint density at radius 2 is 1.59 bits per heavy atom. The van der Waals surface area contributed by atoms with Crippen LogP contribution in [0.1, 0.15) is 37.0 Å². The number of hydrazine groups is 1. The summed E-state index contributed by atoms with van der Waals surface area (Å²) in [5.41, 5.74) is 6.44. The topological polar surface area (TPSA) is 70.7 Å². The van der Waals surface area contributed by atoms with Crippen LogP contribution in [0.25, 0.3) is 0 Å². The maximum atomic E-state index is 12.1. The molecule has 2 amide bonds. The fourth-order valence-corrected chi connectivity index (χ4v) is 2.61. The molecule has 6 nitrogen and oxygen atoms in total. The molecule has 0 aliphatic carbocycles. The van der Waals surface area contributed by atoms with E-state index in [-0.39, 0.29) is 18.2 Å². The number of ether oxygens (including phenoxy) is 1. The maximum absolute atomic E-state index is 12.1. The number of nitrogens with one attached hydrogen (secondary N) is 2. The molecule has 0 spiro atoms. The van der Waals surface area contributed by atoms with Crippen molar-refractivity contribution in [1.82, 2.24) is 10.9 Å². The lowest BCUT2D eigenvalue weighted by atomic mass is 10.2. The van der Waals surface area contributed by atoms with Crippen LogP contribution in [-0.2, 0) is 4.79 Å². The van der Waals surface area contributed by atoms with Gasteiger partial charge in [-0.2, -0.15) is 0 Å². The molecule has 0 aromatic heterocycles. The Bertz CT molecular complexity index is 713.